The van der Waals surface area contributed by atoms with Gasteiger partial charge in [-0.2, -0.15) is 0 Å². The van der Waals surface area contributed by atoms with Gasteiger partial charge in [0.15, 0.2) is 0 Å². The van der Waals surface area contributed by atoms with Crippen molar-refractivity contribution in [2.24, 2.45) is 0 Å². The first kappa shape index (κ1) is 19.6. The van der Waals surface area contributed by atoms with Gasteiger partial charge in [-0.3, -0.25) is 24.2 Å². The van der Waals surface area contributed by atoms with Crippen molar-refractivity contribution in [3.8, 4) is 5.75 Å². The number of hydrogen-bond donors (Lipinski definition) is 1. The van der Waals surface area contributed by atoms with Crippen molar-refractivity contribution >= 4 is 23.4 Å². The Balaban J connectivity index is 1.54. The van der Waals surface area contributed by atoms with E-state index in [1.165, 1.54) is 4.90 Å². The number of fused-ring (bicyclic) bond motifs is 1. The Morgan fingerprint density at radius 2 is 1.64 bits per heavy atom. The van der Waals surface area contributed by atoms with Gasteiger partial charge in [0.1, 0.15) is 5.75 Å². The molecule has 0 bridgehead atoms. The van der Waals surface area contributed by atoms with Gasteiger partial charge in [-0.15, -0.1) is 0 Å². The summed E-state index contributed by atoms with van der Waals surface area (Å²) in [7, 11) is 1.58. The molecule has 0 spiro atoms. The lowest BCUT2D eigenvalue weighted by molar-refractivity contribution is -0.117. The smallest absolute Gasteiger partial charge is 0.261 e. The third-order valence-electron chi connectivity index (χ3n) is 4.71. The predicted octanol–water partition coefficient (Wildman–Crippen LogP) is 2.25. The fourth-order valence-electron chi connectivity index (χ4n) is 3.11. The molecule has 3 amide bonds. The van der Waals surface area contributed by atoms with E-state index in [2.05, 4.69) is 5.32 Å². The number of carbonyl (C=O) groups excluding carboxylic acids is 3. The molecule has 146 valence electrons. The van der Waals surface area contributed by atoms with Gasteiger partial charge in [0.2, 0.25) is 5.91 Å². The summed E-state index contributed by atoms with van der Waals surface area (Å²) < 4.78 is 5.10. The van der Waals surface area contributed by atoms with Crippen LogP contribution in [0.15, 0.2) is 48.5 Å². The van der Waals surface area contributed by atoms with Gasteiger partial charge >= 0.3 is 0 Å². The zero-order valence-electron chi connectivity index (χ0n) is 16.0. The molecular weight excluding hydrogens is 358 g/mol. The van der Waals surface area contributed by atoms with E-state index in [9.17, 15) is 14.4 Å². The van der Waals surface area contributed by atoms with Crippen LogP contribution in [-0.4, -0.2) is 60.8 Å². The van der Waals surface area contributed by atoms with E-state index in [0.717, 1.165) is 0 Å². The molecule has 28 heavy (non-hydrogen) atoms. The van der Waals surface area contributed by atoms with Gasteiger partial charge in [-0.25, -0.2) is 0 Å². The summed E-state index contributed by atoms with van der Waals surface area (Å²) in [5, 5.41) is 2.83. The number of rotatable bonds is 8. The highest BCUT2D eigenvalue weighted by atomic mass is 16.5. The van der Waals surface area contributed by atoms with Crippen molar-refractivity contribution in [3.63, 3.8) is 0 Å². The van der Waals surface area contributed by atoms with Crippen LogP contribution < -0.4 is 10.1 Å². The molecule has 1 heterocycles. The SMILES string of the molecule is CCN(CCN1C(=O)c2ccccc2C1=O)CC(=O)Nc1ccc(OC)cc1. The lowest BCUT2D eigenvalue weighted by atomic mass is 10.1. The standard InChI is InChI=1S/C21H23N3O4/c1-3-23(14-19(25)22-15-8-10-16(28-2)11-9-15)12-13-24-20(26)17-6-4-5-7-18(17)21(24)27/h4-11H,3,12-14H2,1-2H3,(H,22,25). The van der Waals surface area contributed by atoms with E-state index in [1.807, 2.05) is 11.8 Å². The third kappa shape index (κ3) is 4.20. The molecule has 0 unspecified atom stereocenters. The highest BCUT2D eigenvalue weighted by molar-refractivity contribution is 6.21. The molecule has 2 aromatic carbocycles. The second kappa shape index (κ2) is 8.67. The van der Waals surface area contributed by atoms with Crippen LogP contribution in [0.1, 0.15) is 27.6 Å². The fourth-order valence-corrected chi connectivity index (χ4v) is 3.11. The molecule has 0 radical (unpaired) electrons. The molecule has 7 nitrogen and oxygen atoms in total. The van der Waals surface area contributed by atoms with E-state index < -0.39 is 0 Å². The summed E-state index contributed by atoms with van der Waals surface area (Å²) in [6.07, 6.45) is 0. The second-order valence-corrected chi connectivity index (χ2v) is 6.45. The Hall–Kier alpha value is -3.19. The molecule has 0 saturated carbocycles. The largest absolute Gasteiger partial charge is 0.497 e. The number of methoxy groups -OCH3 is 1. The van der Waals surface area contributed by atoms with Gasteiger partial charge in [0.25, 0.3) is 11.8 Å². The van der Waals surface area contributed by atoms with E-state index >= 15 is 0 Å². The van der Waals surface area contributed by atoms with Crippen LogP contribution in [0.5, 0.6) is 5.75 Å². The van der Waals surface area contributed by atoms with Crippen molar-refractivity contribution in [3.05, 3.63) is 59.7 Å². The van der Waals surface area contributed by atoms with Gasteiger partial charge < -0.3 is 10.1 Å². The summed E-state index contributed by atoms with van der Waals surface area (Å²) >= 11 is 0. The van der Waals surface area contributed by atoms with Crippen LogP contribution in [0.4, 0.5) is 5.69 Å². The quantitative estimate of drug-likeness (QED) is 0.710. The normalized spacial score (nSPS) is 13.0. The molecule has 3 rings (SSSR count). The second-order valence-electron chi connectivity index (χ2n) is 6.45. The first-order valence-electron chi connectivity index (χ1n) is 9.15. The van der Waals surface area contributed by atoms with Crippen molar-refractivity contribution in [1.29, 1.82) is 0 Å². The minimum absolute atomic E-state index is 0.158. The van der Waals surface area contributed by atoms with Gasteiger partial charge in [0.05, 0.1) is 24.8 Å². The third-order valence-corrected chi connectivity index (χ3v) is 4.71. The summed E-state index contributed by atoms with van der Waals surface area (Å²) in [6, 6.07) is 13.9. The molecule has 1 aliphatic heterocycles. The van der Waals surface area contributed by atoms with Crippen LogP contribution >= 0.6 is 0 Å². The Kier molecular flexibility index (Phi) is 6.06. The summed E-state index contributed by atoms with van der Waals surface area (Å²) in [4.78, 5) is 40.3. The monoisotopic (exact) mass is 381 g/mol. The van der Waals surface area contributed by atoms with E-state index in [1.54, 1.807) is 55.6 Å². The van der Waals surface area contributed by atoms with Gasteiger partial charge in [-0.05, 0) is 42.9 Å². The molecule has 0 aromatic heterocycles. The number of amides is 3. The highest BCUT2D eigenvalue weighted by Gasteiger charge is 2.34. The average molecular weight is 381 g/mol. The molecule has 2 aromatic rings. The van der Waals surface area contributed by atoms with E-state index in [-0.39, 0.29) is 30.8 Å². The van der Waals surface area contributed by atoms with Crippen LogP contribution in [0.2, 0.25) is 0 Å². The van der Waals surface area contributed by atoms with Crippen LogP contribution in [-0.2, 0) is 4.79 Å². The number of nitrogens with one attached hydrogen (secondary N) is 1. The topological polar surface area (TPSA) is 79.0 Å². The minimum atomic E-state index is -0.278. The minimum Gasteiger partial charge on any atom is -0.497 e. The number of nitrogens with zero attached hydrogens (tertiary/aromatic N) is 2. The Labute approximate surface area is 163 Å². The number of anilines is 1. The zero-order chi connectivity index (χ0) is 20.1. The molecule has 0 fully saturated rings. The maximum atomic E-state index is 12.4. The first-order valence-corrected chi connectivity index (χ1v) is 9.15. The molecule has 0 saturated heterocycles. The van der Waals surface area contributed by atoms with Crippen molar-refractivity contribution in [2.75, 3.05) is 38.6 Å². The molecule has 1 aliphatic rings. The maximum absolute atomic E-state index is 12.4. The van der Waals surface area contributed by atoms with Crippen LogP contribution in [0.3, 0.4) is 0 Å². The summed E-state index contributed by atoms with van der Waals surface area (Å²) in [5.41, 5.74) is 1.56. The van der Waals surface area contributed by atoms with E-state index in [4.69, 9.17) is 4.74 Å². The van der Waals surface area contributed by atoms with Crippen LogP contribution in [0.25, 0.3) is 0 Å². The zero-order valence-corrected chi connectivity index (χ0v) is 16.0. The number of likely N-dealkylation sites (N-methyl/N-ethyl adjacent to an activating group) is 1. The maximum Gasteiger partial charge on any atom is 0.261 e. The van der Waals surface area contributed by atoms with Gasteiger partial charge in [0, 0.05) is 18.8 Å². The molecule has 0 aliphatic carbocycles. The Morgan fingerprint density at radius 1 is 1.04 bits per heavy atom. The van der Waals surface area contributed by atoms with Crippen molar-refractivity contribution in [1.82, 2.24) is 9.80 Å². The molecule has 1 N–H and O–H groups in total. The molecule has 7 heteroatoms. The average Bonchev–Trinajstić information content (AvgIpc) is 2.96. The number of imide groups is 1. The fraction of sp³-hybridized carbons (Fsp3) is 0.286. The van der Waals surface area contributed by atoms with Gasteiger partial charge in [-0.1, -0.05) is 19.1 Å². The Morgan fingerprint density at radius 3 is 2.18 bits per heavy atom. The summed E-state index contributed by atoms with van der Waals surface area (Å²) in [6.45, 7) is 3.40. The van der Waals surface area contributed by atoms with Crippen molar-refractivity contribution < 1.29 is 19.1 Å². The first-order chi connectivity index (χ1) is 13.5. The number of carbonyl (C=O) groups is 3. The lowest BCUT2D eigenvalue weighted by Gasteiger charge is -2.22. The number of hydrogen-bond acceptors (Lipinski definition) is 5. The number of benzene rings is 2. The Bertz CT molecular complexity index is 844. The summed E-state index contributed by atoms with van der Waals surface area (Å²) in [5.74, 6) is 0.00202. The predicted molar refractivity (Wildman–Crippen MR) is 106 cm³/mol. The van der Waals surface area contributed by atoms with E-state index in [0.29, 0.717) is 35.7 Å². The van der Waals surface area contributed by atoms with Crippen molar-refractivity contribution in [2.45, 2.75) is 6.92 Å². The lowest BCUT2D eigenvalue weighted by Crippen LogP contribution is -2.41. The molecular formula is C21H23N3O4. The van der Waals surface area contributed by atoms with Crippen LogP contribution in [0, 0.1) is 0 Å². The number of ether oxygens (including phenoxy) is 1. The molecule has 0 atom stereocenters. The highest BCUT2D eigenvalue weighted by Crippen LogP contribution is 2.22.